The average molecular weight is 449 g/mol. The Hall–Kier alpha value is -2.16. The number of aliphatic carboxylic acids is 1. The summed E-state index contributed by atoms with van der Waals surface area (Å²) in [6.45, 7) is 8.19. The smallest absolute Gasteiger partial charge is 0.339 e. The molecule has 0 unspecified atom stereocenters. The normalized spacial score (nSPS) is 10.5. The quantitative estimate of drug-likeness (QED) is 0.207. The first-order valence-electron chi connectivity index (χ1n) is 11.1. The van der Waals surface area contributed by atoms with Crippen LogP contribution in [-0.4, -0.2) is 59.5 Å². The highest BCUT2D eigenvalue weighted by Gasteiger charge is 2.43. The van der Waals surface area contributed by atoms with Crippen LogP contribution in [0.5, 0.6) is 0 Å². The van der Waals surface area contributed by atoms with Crippen molar-refractivity contribution in [3.63, 3.8) is 0 Å². The zero-order chi connectivity index (χ0) is 24.1. The number of unbranched alkanes of at least 4 members (excludes halogenated alkanes) is 3. The molecular weight excluding hydrogens is 408 g/mol. The van der Waals surface area contributed by atoms with Gasteiger partial charge in [-0.25, -0.2) is 4.79 Å². The fraction of sp³-hybridized carbons (Fsp3) is 0.818. The van der Waals surface area contributed by atoms with Crippen molar-refractivity contribution in [2.24, 2.45) is 0 Å². The van der Waals surface area contributed by atoms with E-state index in [4.69, 9.17) is 19.3 Å². The molecule has 0 aliphatic heterocycles. The SMILES string of the molecule is CCCC(=O)O.CCCCOC(=O)CC(O)(CC(=O)OCCCC)C(=O)OCCCC. The van der Waals surface area contributed by atoms with Crippen molar-refractivity contribution in [3.05, 3.63) is 0 Å². The summed E-state index contributed by atoms with van der Waals surface area (Å²) in [5.41, 5.74) is -2.26. The Morgan fingerprint density at radius 1 is 0.677 bits per heavy atom. The van der Waals surface area contributed by atoms with Crippen molar-refractivity contribution in [2.75, 3.05) is 19.8 Å². The van der Waals surface area contributed by atoms with E-state index in [1.54, 1.807) is 0 Å². The molecule has 0 saturated carbocycles. The van der Waals surface area contributed by atoms with Crippen molar-refractivity contribution >= 4 is 23.9 Å². The molecule has 0 fully saturated rings. The van der Waals surface area contributed by atoms with E-state index in [9.17, 15) is 24.3 Å². The van der Waals surface area contributed by atoms with Gasteiger partial charge in [0.1, 0.15) is 0 Å². The minimum Gasteiger partial charge on any atom is -0.481 e. The maximum absolute atomic E-state index is 12.2. The van der Waals surface area contributed by atoms with Crippen molar-refractivity contribution in [3.8, 4) is 0 Å². The monoisotopic (exact) mass is 448 g/mol. The number of carbonyl (C=O) groups is 4. The molecule has 9 nitrogen and oxygen atoms in total. The van der Waals surface area contributed by atoms with Crippen LogP contribution in [0.15, 0.2) is 0 Å². The molecule has 0 heterocycles. The first kappa shape index (κ1) is 31.0. The third-order valence-corrected chi connectivity index (χ3v) is 3.97. The summed E-state index contributed by atoms with van der Waals surface area (Å²) in [6, 6.07) is 0. The minimum atomic E-state index is -2.26. The molecule has 2 N–H and O–H groups in total. The second-order valence-electron chi connectivity index (χ2n) is 7.17. The van der Waals surface area contributed by atoms with Gasteiger partial charge in [0, 0.05) is 6.42 Å². The van der Waals surface area contributed by atoms with Gasteiger partial charge in [0.2, 0.25) is 0 Å². The Morgan fingerprint density at radius 3 is 1.35 bits per heavy atom. The fourth-order valence-corrected chi connectivity index (χ4v) is 2.10. The van der Waals surface area contributed by atoms with Crippen molar-refractivity contribution < 1.29 is 43.6 Å². The van der Waals surface area contributed by atoms with E-state index in [1.165, 1.54) is 0 Å². The van der Waals surface area contributed by atoms with E-state index in [2.05, 4.69) is 0 Å². The van der Waals surface area contributed by atoms with Crippen LogP contribution in [0, 0.1) is 0 Å². The highest BCUT2D eigenvalue weighted by molar-refractivity contribution is 5.90. The van der Waals surface area contributed by atoms with E-state index in [0.29, 0.717) is 25.7 Å². The predicted octanol–water partition coefficient (Wildman–Crippen LogP) is 3.40. The van der Waals surface area contributed by atoms with E-state index in [1.807, 2.05) is 27.7 Å². The maximum atomic E-state index is 12.2. The third kappa shape index (κ3) is 18.3. The molecule has 0 aromatic rings. The summed E-state index contributed by atoms with van der Waals surface area (Å²) in [5.74, 6) is -3.20. The van der Waals surface area contributed by atoms with Crippen LogP contribution in [-0.2, 0) is 33.4 Å². The number of carboxylic acid groups (broad SMARTS) is 1. The summed E-state index contributed by atoms with van der Waals surface area (Å²) >= 11 is 0. The molecular formula is C22H40O9. The molecule has 9 heteroatoms. The van der Waals surface area contributed by atoms with Gasteiger partial charge in [-0.2, -0.15) is 0 Å². The van der Waals surface area contributed by atoms with Crippen LogP contribution in [0.1, 0.15) is 91.9 Å². The number of hydrogen-bond donors (Lipinski definition) is 2. The van der Waals surface area contributed by atoms with Crippen molar-refractivity contribution in [1.82, 2.24) is 0 Å². The zero-order valence-electron chi connectivity index (χ0n) is 19.4. The molecule has 0 radical (unpaired) electrons. The molecule has 31 heavy (non-hydrogen) atoms. The molecule has 0 rings (SSSR count). The highest BCUT2D eigenvalue weighted by atomic mass is 16.6. The first-order valence-corrected chi connectivity index (χ1v) is 11.1. The van der Waals surface area contributed by atoms with Gasteiger partial charge in [-0.1, -0.05) is 47.0 Å². The van der Waals surface area contributed by atoms with Gasteiger partial charge in [-0.15, -0.1) is 0 Å². The summed E-state index contributed by atoms with van der Waals surface area (Å²) in [5, 5.41) is 18.5. The summed E-state index contributed by atoms with van der Waals surface area (Å²) in [6.07, 6.45) is 4.26. The fourth-order valence-electron chi connectivity index (χ4n) is 2.10. The Morgan fingerprint density at radius 2 is 1.06 bits per heavy atom. The van der Waals surface area contributed by atoms with Crippen LogP contribution < -0.4 is 0 Å². The molecule has 0 spiro atoms. The lowest BCUT2D eigenvalue weighted by Crippen LogP contribution is -2.45. The van der Waals surface area contributed by atoms with Crippen LogP contribution in [0.4, 0.5) is 0 Å². The lowest BCUT2D eigenvalue weighted by molar-refractivity contribution is -0.178. The van der Waals surface area contributed by atoms with Crippen LogP contribution in [0.2, 0.25) is 0 Å². The van der Waals surface area contributed by atoms with Crippen molar-refractivity contribution in [2.45, 2.75) is 97.5 Å². The zero-order valence-corrected chi connectivity index (χ0v) is 19.4. The van der Waals surface area contributed by atoms with E-state index in [-0.39, 0.29) is 19.8 Å². The molecule has 0 aliphatic carbocycles. The third-order valence-electron chi connectivity index (χ3n) is 3.97. The first-order chi connectivity index (χ1) is 14.7. The second kappa shape index (κ2) is 19.8. The van der Waals surface area contributed by atoms with Crippen LogP contribution in [0.25, 0.3) is 0 Å². The molecule has 0 aliphatic rings. The van der Waals surface area contributed by atoms with Gasteiger partial charge in [-0.05, 0) is 25.7 Å². The van der Waals surface area contributed by atoms with Gasteiger partial charge in [-0.3, -0.25) is 14.4 Å². The lowest BCUT2D eigenvalue weighted by atomic mass is 9.95. The van der Waals surface area contributed by atoms with E-state index >= 15 is 0 Å². The van der Waals surface area contributed by atoms with E-state index < -0.39 is 42.3 Å². The molecule has 0 atom stereocenters. The van der Waals surface area contributed by atoms with Crippen molar-refractivity contribution in [1.29, 1.82) is 0 Å². The minimum absolute atomic E-state index is 0.118. The number of carboxylic acids is 1. The van der Waals surface area contributed by atoms with Gasteiger partial charge < -0.3 is 24.4 Å². The molecule has 0 aromatic carbocycles. The highest BCUT2D eigenvalue weighted by Crippen LogP contribution is 2.20. The predicted molar refractivity (Wildman–Crippen MR) is 114 cm³/mol. The molecule has 0 saturated heterocycles. The Kier molecular flexibility index (Phi) is 19.8. The van der Waals surface area contributed by atoms with Gasteiger partial charge >= 0.3 is 23.9 Å². The Balaban J connectivity index is 0. The van der Waals surface area contributed by atoms with Gasteiger partial charge in [0.15, 0.2) is 5.60 Å². The molecule has 0 bridgehead atoms. The number of hydrogen-bond acceptors (Lipinski definition) is 8. The average Bonchev–Trinajstić information content (AvgIpc) is 2.68. The Labute approximate surface area is 185 Å². The molecule has 182 valence electrons. The number of carbonyl (C=O) groups excluding carboxylic acids is 3. The number of rotatable bonds is 16. The lowest BCUT2D eigenvalue weighted by Gasteiger charge is -2.24. The number of esters is 3. The largest absolute Gasteiger partial charge is 0.481 e. The van der Waals surface area contributed by atoms with Gasteiger partial charge in [0.25, 0.3) is 0 Å². The summed E-state index contributed by atoms with van der Waals surface area (Å²) in [7, 11) is 0. The maximum Gasteiger partial charge on any atom is 0.339 e. The van der Waals surface area contributed by atoms with E-state index in [0.717, 1.165) is 25.7 Å². The summed E-state index contributed by atoms with van der Waals surface area (Å²) in [4.78, 5) is 45.5. The van der Waals surface area contributed by atoms with Gasteiger partial charge in [0.05, 0.1) is 32.7 Å². The number of ether oxygens (including phenoxy) is 3. The number of aliphatic hydroxyl groups is 1. The summed E-state index contributed by atoms with van der Waals surface area (Å²) < 4.78 is 14.9. The standard InChI is InChI=1S/C18H32O7.C4H8O2/c1-4-7-10-23-15(19)13-18(22,17(21)25-12-9-6-3)14-16(20)24-11-8-5-2;1-2-3-4(5)6/h22H,4-14H2,1-3H3;2-3H2,1H3,(H,5,6). The van der Waals surface area contributed by atoms with Crippen LogP contribution in [0.3, 0.4) is 0 Å². The molecule has 0 amide bonds. The Bertz CT molecular complexity index is 493. The molecule has 0 aromatic heterocycles. The topological polar surface area (TPSA) is 136 Å². The van der Waals surface area contributed by atoms with Crippen LogP contribution >= 0.6 is 0 Å². The second-order valence-corrected chi connectivity index (χ2v) is 7.17.